The fourth-order valence-corrected chi connectivity index (χ4v) is 2.76. The predicted octanol–water partition coefficient (Wildman–Crippen LogP) is 1.02. The minimum Gasteiger partial charge on any atom is -1.00 e. The molecule has 0 amide bonds. The summed E-state index contributed by atoms with van der Waals surface area (Å²) in [5.74, 6) is 0.0511. The van der Waals surface area contributed by atoms with Crippen LogP contribution in [0, 0.1) is 0 Å². The first kappa shape index (κ1) is 17.4. The second-order valence-electron chi connectivity index (χ2n) is 5.08. The van der Waals surface area contributed by atoms with E-state index in [4.69, 9.17) is 0 Å². The van der Waals surface area contributed by atoms with Crippen molar-refractivity contribution in [2.45, 2.75) is 6.54 Å². The lowest BCUT2D eigenvalue weighted by molar-refractivity contribution is -0.688. The van der Waals surface area contributed by atoms with Gasteiger partial charge in [0.15, 0.2) is 24.7 Å². The summed E-state index contributed by atoms with van der Waals surface area (Å²) in [4.78, 5) is 12.3. The van der Waals surface area contributed by atoms with Gasteiger partial charge in [0.25, 0.3) is 0 Å². The van der Waals surface area contributed by atoms with Gasteiger partial charge in [-0.1, -0.05) is 58.4 Å². The molecule has 0 bridgehead atoms. The van der Waals surface area contributed by atoms with Crippen LogP contribution in [0.4, 0.5) is 0 Å². The third-order valence-corrected chi connectivity index (χ3v) is 3.94. The van der Waals surface area contributed by atoms with E-state index in [9.17, 15) is 4.79 Å². The van der Waals surface area contributed by atoms with E-state index in [1.165, 1.54) is 5.56 Å². The van der Waals surface area contributed by atoms with Crippen molar-refractivity contribution >= 4 is 21.7 Å². The molecule has 0 saturated carbocycles. The summed E-state index contributed by atoms with van der Waals surface area (Å²) in [6, 6.07) is 21.3. The first-order valence-electron chi connectivity index (χ1n) is 7.06. The number of halogens is 2. The van der Waals surface area contributed by atoms with Crippen LogP contribution in [0.25, 0.3) is 0 Å². The summed E-state index contributed by atoms with van der Waals surface area (Å²) in [6.45, 7) is 0.777. The number of nitrogens with zero attached hydrogens (tertiary/aromatic N) is 1. The molecule has 4 heteroatoms. The standard InChI is InChI=1S/C19H15BrNO.ClH/c20-18-8-4-5-15(13-18)14-21-11-9-17(10-12-21)19(22)16-6-2-1-3-7-16;/h1-13H,14H2;1H/q+1;/p-1. The van der Waals surface area contributed by atoms with Gasteiger partial charge in [0.2, 0.25) is 0 Å². The van der Waals surface area contributed by atoms with Crippen LogP contribution in [-0.4, -0.2) is 5.78 Å². The number of carbonyl (C=O) groups excluding carboxylic acids is 1. The number of benzene rings is 2. The average molecular weight is 389 g/mol. The maximum atomic E-state index is 12.3. The highest BCUT2D eigenvalue weighted by Gasteiger charge is 2.10. The maximum absolute atomic E-state index is 12.3. The summed E-state index contributed by atoms with van der Waals surface area (Å²) in [6.07, 6.45) is 3.88. The Morgan fingerprint density at radius 2 is 1.52 bits per heavy atom. The lowest BCUT2D eigenvalue weighted by atomic mass is 10.0. The Labute approximate surface area is 150 Å². The molecule has 3 rings (SSSR count). The molecule has 0 aliphatic rings. The zero-order chi connectivity index (χ0) is 15.4. The van der Waals surface area contributed by atoms with E-state index in [2.05, 4.69) is 32.6 Å². The average Bonchev–Trinajstić information content (AvgIpc) is 2.56. The molecule has 1 heterocycles. The second-order valence-corrected chi connectivity index (χ2v) is 6.00. The fraction of sp³-hybridized carbons (Fsp3) is 0.0526. The first-order valence-corrected chi connectivity index (χ1v) is 7.85. The van der Waals surface area contributed by atoms with Gasteiger partial charge in [-0.2, -0.15) is 0 Å². The number of carbonyl (C=O) groups is 1. The van der Waals surface area contributed by atoms with E-state index in [0.717, 1.165) is 11.0 Å². The van der Waals surface area contributed by atoms with Crippen LogP contribution in [0.3, 0.4) is 0 Å². The van der Waals surface area contributed by atoms with Gasteiger partial charge >= 0.3 is 0 Å². The highest BCUT2D eigenvalue weighted by molar-refractivity contribution is 9.10. The molecule has 0 fully saturated rings. The molecule has 0 N–H and O–H groups in total. The lowest BCUT2D eigenvalue weighted by Crippen LogP contribution is -3.00. The Hall–Kier alpha value is -1.97. The third kappa shape index (κ3) is 4.50. The topological polar surface area (TPSA) is 20.9 Å². The van der Waals surface area contributed by atoms with Crippen LogP contribution in [0.5, 0.6) is 0 Å². The molecule has 0 spiro atoms. The highest BCUT2D eigenvalue weighted by Crippen LogP contribution is 2.12. The molecule has 0 atom stereocenters. The molecule has 0 aliphatic carbocycles. The van der Waals surface area contributed by atoms with Crippen molar-refractivity contribution in [3.63, 3.8) is 0 Å². The SMILES string of the molecule is O=C(c1ccccc1)c1cc[n+](Cc2cccc(Br)c2)cc1.[Cl-]. The first-order chi connectivity index (χ1) is 10.7. The van der Waals surface area contributed by atoms with Gasteiger partial charge in [-0.15, -0.1) is 0 Å². The Kier molecular flexibility index (Phi) is 6.08. The highest BCUT2D eigenvalue weighted by atomic mass is 79.9. The van der Waals surface area contributed by atoms with Crippen LogP contribution < -0.4 is 17.0 Å². The Morgan fingerprint density at radius 3 is 2.17 bits per heavy atom. The molecule has 2 aromatic carbocycles. The minimum absolute atomic E-state index is 0. The number of ketones is 1. The summed E-state index contributed by atoms with van der Waals surface area (Å²) in [7, 11) is 0. The van der Waals surface area contributed by atoms with Crippen molar-refractivity contribution in [3.8, 4) is 0 Å². The Bertz CT molecular complexity index is 788. The van der Waals surface area contributed by atoms with Gasteiger partial charge in [-0.05, 0) is 12.1 Å². The molecule has 0 radical (unpaired) electrons. The van der Waals surface area contributed by atoms with E-state index in [1.54, 1.807) is 0 Å². The summed E-state index contributed by atoms with van der Waals surface area (Å²) in [5.41, 5.74) is 2.63. The number of hydrogen-bond donors (Lipinski definition) is 0. The van der Waals surface area contributed by atoms with Crippen LogP contribution >= 0.6 is 15.9 Å². The van der Waals surface area contributed by atoms with Crippen LogP contribution in [0.2, 0.25) is 0 Å². The number of aromatic nitrogens is 1. The van der Waals surface area contributed by atoms with Crippen LogP contribution in [-0.2, 0) is 6.54 Å². The monoisotopic (exact) mass is 387 g/mol. The molecule has 23 heavy (non-hydrogen) atoms. The summed E-state index contributed by atoms with van der Waals surface area (Å²) in [5, 5.41) is 0. The van der Waals surface area contributed by atoms with Crippen molar-refractivity contribution in [2.24, 2.45) is 0 Å². The molecule has 116 valence electrons. The Balaban J connectivity index is 0.00000192. The van der Waals surface area contributed by atoms with Crippen molar-refractivity contribution < 1.29 is 21.8 Å². The predicted molar refractivity (Wildman–Crippen MR) is 89.8 cm³/mol. The van der Waals surface area contributed by atoms with Crippen molar-refractivity contribution in [3.05, 3.63) is 100 Å². The second kappa shape index (κ2) is 8.04. The fourth-order valence-electron chi connectivity index (χ4n) is 2.32. The van der Waals surface area contributed by atoms with E-state index in [0.29, 0.717) is 11.1 Å². The smallest absolute Gasteiger partial charge is 0.193 e. The molecule has 0 unspecified atom stereocenters. The zero-order valence-corrected chi connectivity index (χ0v) is 14.7. The van der Waals surface area contributed by atoms with Gasteiger partial charge in [0.05, 0.1) is 0 Å². The lowest BCUT2D eigenvalue weighted by Gasteiger charge is -2.02. The van der Waals surface area contributed by atoms with E-state index in [-0.39, 0.29) is 18.2 Å². The number of rotatable bonds is 4. The van der Waals surface area contributed by atoms with Crippen molar-refractivity contribution in [1.29, 1.82) is 0 Å². The molecular formula is C19H15BrClNO. The molecular weight excluding hydrogens is 374 g/mol. The molecule has 1 aromatic heterocycles. The van der Waals surface area contributed by atoms with Gasteiger partial charge in [-0.3, -0.25) is 4.79 Å². The number of pyridine rings is 1. The van der Waals surface area contributed by atoms with Gasteiger partial charge in [0.1, 0.15) is 0 Å². The summed E-state index contributed by atoms with van der Waals surface area (Å²) >= 11 is 3.48. The van der Waals surface area contributed by atoms with Gasteiger partial charge in [-0.25, -0.2) is 4.57 Å². The Morgan fingerprint density at radius 1 is 0.870 bits per heavy atom. The minimum atomic E-state index is 0. The van der Waals surface area contributed by atoms with Gasteiger partial charge < -0.3 is 12.4 Å². The van der Waals surface area contributed by atoms with Crippen LogP contribution in [0.15, 0.2) is 83.6 Å². The van der Waals surface area contributed by atoms with E-state index >= 15 is 0 Å². The van der Waals surface area contributed by atoms with Crippen molar-refractivity contribution in [2.75, 3.05) is 0 Å². The van der Waals surface area contributed by atoms with E-state index < -0.39 is 0 Å². The summed E-state index contributed by atoms with van der Waals surface area (Å²) < 4.78 is 3.13. The molecule has 3 aromatic rings. The molecule has 0 saturated heterocycles. The van der Waals surface area contributed by atoms with Crippen LogP contribution in [0.1, 0.15) is 21.5 Å². The quantitative estimate of drug-likeness (QED) is 0.483. The maximum Gasteiger partial charge on any atom is 0.193 e. The van der Waals surface area contributed by atoms with Gasteiger partial charge in [0, 0.05) is 33.3 Å². The number of hydrogen-bond acceptors (Lipinski definition) is 1. The van der Waals surface area contributed by atoms with E-state index in [1.807, 2.05) is 67.0 Å². The normalized spacial score (nSPS) is 9.96. The largest absolute Gasteiger partial charge is 1.00 e. The van der Waals surface area contributed by atoms with Crippen molar-refractivity contribution in [1.82, 2.24) is 0 Å². The molecule has 0 aliphatic heterocycles. The third-order valence-electron chi connectivity index (χ3n) is 3.44. The molecule has 2 nitrogen and oxygen atoms in total. The zero-order valence-electron chi connectivity index (χ0n) is 12.3.